The van der Waals surface area contributed by atoms with E-state index in [4.69, 9.17) is 16.3 Å². The van der Waals surface area contributed by atoms with E-state index in [1.54, 1.807) is 7.11 Å². The fraction of sp³-hybridized carbons (Fsp3) is 0.600. The van der Waals surface area contributed by atoms with E-state index in [2.05, 4.69) is 17.1 Å². The fourth-order valence-electron chi connectivity index (χ4n) is 2.73. The molecule has 1 fully saturated rings. The molecule has 0 spiro atoms. The van der Waals surface area contributed by atoms with Crippen molar-refractivity contribution in [1.82, 2.24) is 10.2 Å². The van der Waals surface area contributed by atoms with Crippen LogP contribution in [0, 0.1) is 0 Å². The number of hydrogen-bond acceptors (Lipinski definition) is 3. The van der Waals surface area contributed by atoms with Crippen LogP contribution in [0.2, 0.25) is 5.02 Å². The van der Waals surface area contributed by atoms with E-state index in [9.17, 15) is 0 Å². The molecule has 1 aromatic rings. The van der Waals surface area contributed by atoms with Gasteiger partial charge in [0.2, 0.25) is 0 Å². The van der Waals surface area contributed by atoms with Gasteiger partial charge in [-0.25, -0.2) is 0 Å². The van der Waals surface area contributed by atoms with Crippen LogP contribution >= 0.6 is 11.6 Å². The highest BCUT2D eigenvalue weighted by Crippen LogP contribution is 2.28. The predicted octanol–water partition coefficient (Wildman–Crippen LogP) is 2.92. The molecule has 0 amide bonds. The summed E-state index contributed by atoms with van der Waals surface area (Å²) in [5.74, 6) is 0.884. The molecular formula is C15H23ClN2O. The lowest BCUT2D eigenvalue weighted by molar-refractivity contribution is 0.164. The van der Waals surface area contributed by atoms with E-state index in [-0.39, 0.29) is 0 Å². The summed E-state index contributed by atoms with van der Waals surface area (Å²) in [6.45, 7) is 6.30. The maximum absolute atomic E-state index is 6.33. The Labute approximate surface area is 120 Å². The van der Waals surface area contributed by atoms with Gasteiger partial charge in [0, 0.05) is 29.7 Å². The highest BCUT2D eigenvalue weighted by atomic mass is 35.5. The average Bonchev–Trinajstić information content (AvgIpc) is 2.46. The third-order valence-electron chi connectivity index (χ3n) is 3.85. The molecule has 1 aliphatic heterocycles. The van der Waals surface area contributed by atoms with Crippen LogP contribution in [0.4, 0.5) is 0 Å². The molecule has 2 rings (SSSR count). The van der Waals surface area contributed by atoms with Gasteiger partial charge in [0.15, 0.2) is 0 Å². The molecule has 1 N–H and O–H groups in total. The monoisotopic (exact) mass is 282 g/mol. The van der Waals surface area contributed by atoms with Crippen molar-refractivity contribution >= 4 is 11.6 Å². The Morgan fingerprint density at radius 3 is 2.95 bits per heavy atom. The molecule has 0 aromatic heterocycles. The van der Waals surface area contributed by atoms with Crippen molar-refractivity contribution in [2.24, 2.45) is 0 Å². The number of methoxy groups -OCH3 is 1. The second-order valence-electron chi connectivity index (χ2n) is 4.98. The summed E-state index contributed by atoms with van der Waals surface area (Å²) >= 11 is 6.33. The van der Waals surface area contributed by atoms with Crippen LogP contribution in [0.25, 0.3) is 0 Å². The first-order chi connectivity index (χ1) is 9.26. The van der Waals surface area contributed by atoms with Gasteiger partial charge in [0.1, 0.15) is 5.75 Å². The SMILES string of the molecule is CCN(Cc1c(Cl)cccc1OC)C1CCCNC1. The Kier molecular flexibility index (Phi) is 5.49. The second-order valence-corrected chi connectivity index (χ2v) is 5.39. The first-order valence-corrected chi connectivity index (χ1v) is 7.40. The molecule has 0 radical (unpaired) electrons. The van der Waals surface area contributed by atoms with Crippen LogP contribution in [0.15, 0.2) is 18.2 Å². The lowest BCUT2D eigenvalue weighted by atomic mass is 10.0. The van der Waals surface area contributed by atoms with Crippen LogP contribution in [-0.2, 0) is 6.54 Å². The summed E-state index contributed by atoms with van der Waals surface area (Å²) in [7, 11) is 1.70. The van der Waals surface area contributed by atoms with Crippen LogP contribution in [-0.4, -0.2) is 37.7 Å². The van der Waals surface area contributed by atoms with Crippen LogP contribution in [0.1, 0.15) is 25.3 Å². The number of benzene rings is 1. The molecule has 1 unspecified atom stereocenters. The smallest absolute Gasteiger partial charge is 0.124 e. The number of nitrogens with one attached hydrogen (secondary N) is 1. The lowest BCUT2D eigenvalue weighted by Crippen LogP contribution is -2.45. The normalized spacial score (nSPS) is 19.7. The third-order valence-corrected chi connectivity index (χ3v) is 4.20. The second kappa shape index (κ2) is 7.13. The largest absolute Gasteiger partial charge is 0.496 e. The Morgan fingerprint density at radius 1 is 1.47 bits per heavy atom. The average molecular weight is 283 g/mol. The van der Waals surface area contributed by atoms with Gasteiger partial charge in [-0.3, -0.25) is 4.90 Å². The molecular weight excluding hydrogens is 260 g/mol. The first kappa shape index (κ1) is 14.6. The highest BCUT2D eigenvalue weighted by molar-refractivity contribution is 6.31. The van der Waals surface area contributed by atoms with E-state index >= 15 is 0 Å². The molecule has 19 heavy (non-hydrogen) atoms. The van der Waals surface area contributed by atoms with Crippen LogP contribution in [0.3, 0.4) is 0 Å². The van der Waals surface area contributed by atoms with Crippen molar-refractivity contribution in [3.05, 3.63) is 28.8 Å². The molecule has 1 aromatic carbocycles. The van der Waals surface area contributed by atoms with Crippen LogP contribution < -0.4 is 10.1 Å². The molecule has 1 saturated heterocycles. The molecule has 0 bridgehead atoms. The minimum absolute atomic E-state index is 0.597. The molecule has 0 saturated carbocycles. The maximum Gasteiger partial charge on any atom is 0.124 e. The summed E-state index contributed by atoms with van der Waals surface area (Å²) in [6, 6.07) is 6.45. The third kappa shape index (κ3) is 3.62. The van der Waals surface area contributed by atoms with Crippen molar-refractivity contribution in [3.63, 3.8) is 0 Å². The summed E-state index contributed by atoms with van der Waals surface area (Å²) < 4.78 is 5.43. The zero-order chi connectivity index (χ0) is 13.7. The highest BCUT2D eigenvalue weighted by Gasteiger charge is 2.21. The quantitative estimate of drug-likeness (QED) is 0.899. The van der Waals surface area contributed by atoms with Crippen molar-refractivity contribution in [2.45, 2.75) is 32.4 Å². The van der Waals surface area contributed by atoms with Crippen LogP contribution in [0.5, 0.6) is 5.75 Å². The number of nitrogens with zero attached hydrogens (tertiary/aromatic N) is 1. The van der Waals surface area contributed by atoms with Gasteiger partial charge in [-0.15, -0.1) is 0 Å². The van der Waals surface area contributed by atoms with Crippen molar-refractivity contribution < 1.29 is 4.74 Å². The summed E-state index contributed by atoms with van der Waals surface area (Å²) in [5.41, 5.74) is 1.10. The van der Waals surface area contributed by atoms with Crippen molar-refractivity contribution in [3.8, 4) is 5.75 Å². The fourth-order valence-corrected chi connectivity index (χ4v) is 2.96. The van der Waals surface area contributed by atoms with Gasteiger partial charge in [-0.2, -0.15) is 0 Å². The number of rotatable bonds is 5. The van der Waals surface area contributed by atoms with E-state index in [1.165, 1.54) is 12.8 Å². The molecule has 3 nitrogen and oxygen atoms in total. The van der Waals surface area contributed by atoms with Gasteiger partial charge < -0.3 is 10.1 Å². The van der Waals surface area contributed by atoms with E-state index in [0.717, 1.165) is 42.5 Å². The standard InChI is InChI=1S/C15H23ClN2O/c1-3-18(12-6-5-9-17-10-12)11-13-14(16)7-4-8-15(13)19-2/h4,7-8,12,17H,3,5-6,9-11H2,1-2H3. The van der Waals surface area contributed by atoms with Gasteiger partial charge in [-0.05, 0) is 38.1 Å². The Balaban J connectivity index is 2.13. The zero-order valence-electron chi connectivity index (χ0n) is 11.8. The number of halogens is 1. The molecule has 1 heterocycles. The minimum Gasteiger partial charge on any atom is -0.496 e. The Morgan fingerprint density at radius 2 is 2.32 bits per heavy atom. The van der Waals surface area contributed by atoms with Crippen molar-refractivity contribution in [1.29, 1.82) is 0 Å². The van der Waals surface area contributed by atoms with Gasteiger partial charge in [0.25, 0.3) is 0 Å². The van der Waals surface area contributed by atoms with Gasteiger partial charge >= 0.3 is 0 Å². The number of piperidine rings is 1. The minimum atomic E-state index is 0.597. The Bertz CT molecular complexity index is 405. The predicted molar refractivity (Wildman–Crippen MR) is 80.0 cm³/mol. The molecule has 1 atom stereocenters. The molecule has 106 valence electrons. The van der Waals surface area contributed by atoms with Gasteiger partial charge in [0.05, 0.1) is 7.11 Å². The molecule has 4 heteroatoms. The van der Waals surface area contributed by atoms with E-state index in [1.807, 2.05) is 18.2 Å². The molecule has 1 aliphatic rings. The summed E-state index contributed by atoms with van der Waals surface area (Å²) in [4.78, 5) is 2.48. The first-order valence-electron chi connectivity index (χ1n) is 7.02. The van der Waals surface area contributed by atoms with E-state index in [0.29, 0.717) is 6.04 Å². The van der Waals surface area contributed by atoms with Crippen molar-refractivity contribution in [2.75, 3.05) is 26.7 Å². The number of ether oxygens (including phenoxy) is 1. The van der Waals surface area contributed by atoms with E-state index < -0.39 is 0 Å². The number of likely N-dealkylation sites (N-methyl/N-ethyl adjacent to an activating group) is 1. The zero-order valence-corrected chi connectivity index (χ0v) is 12.5. The topological polar surface area (TPSA) is 24.5 Å². The molecule has 0 aliphatic carbocycles. The number of hydrogen-bond donors (Lipinski definition) is 1. The lowest BCUT2D eigenvalue weighted by Gasteiger charge is -2.34. The maximum atomic E-state index is 6.33. The summed E-state index contributed by atoms with van der Waals surface area (Å²) in [6.07, 6.45) is 2.51. The summed E-state index contributed by atoms with van der Waals surface area (Å²) in [5, 5.41) is 4.27. The van der Waals surface area contributed by atoms with Gasteiger partial charge in [-0.1, -0.05) is 24.6 Å². The Hall–Kier alpha value is -0.770.